The second-order valence-electron chi connectivity index (χ2n) is 32.0. The van der Waals surface area contributed by atoms with Gasteiger partial charge < -0.3 is 9.32 Å². The lowest BCUT2D eigenvalue weighted by Crippen LogP contribution is -2.61. The lowest BCUT2D eigenvalue weighted by atomic mass is 9.33. The molecule has 3 nitrogen and oxygen atoms in total. The monoisotopic (exact) mass is 1030 g/mol. The van der Waals surface area contributed by atoms with Gasteiger partial charge in [-0.25, -0.2) is 0 Å². The highest BCUT2D eigenvalue weighted by Crippen LogP contribution is 2.56. The van der Waals surface area contributed by atoms with Crippen LogP contribution in [0.25, 0.3) is 22.1 Å². The van der Waals surface area contributed by atoms with E-state index >= 15 is 0 Å². The minimum absolute atomic E-state index is 0.00938. The van der Waals surface area contributed by atoms with Crippen molar-refractivity contribution in [2.75, 3.05) is 9.80 Å². The largest absolute Gasteiger partial charge is 0.440 e. The summed E-state index contributed by atoms with van der Waals surface area (Å²) in [5.74, 6) is 0.968. The number of hydrogen-bond donors (Lipinski definition) is 0. The van der Waals surface area contributed by atoms with E-state index in [0.29, 0.717) is 0 Å². The molecule has 3 heterocycles. The van der Waals surface area contributed by atoms with Crippen LogP contribution >= 0.6 is 0 Å². The fraction of sp³-hybridized carbons (Fsp3) is 0.486. The number of benzene rings is 6. The number of furan rings is 1. The van der Waals surface area contributed by atoms with Crippen molar-refractivity contribution in [3.63, 3.8) is 0 Å². The van der Waals surface area contributed by atoms with Crippen molar-refractivity contribution >= 4 is 68.4 Å². The number of nitrogens with zero attached hydrogens (tertiary/aromatic N) is 2. The van der Waals surface area contributed by atoms with Gasteiger partial charge in [-0.15, -0.1) is 0 Å². The van der Waals surface area contributed by atoms with E-state index in [-0.39, 0.29) is 55.4 Å². The fourth-order valence-corrected chi connectivity index (χ4v) is 16.1. The Morgan fingerprint density at radius 3 is 1.31 bits per heavy atom. The van der Waals surface area contributed by atoms with Crippen LogP contribution in [0.3, 0.4) is 0 Å². The quantitative estimate of drug-likeness (QED) is 0.164. The lowest BCUT2D eigenvalue weighted by Gasteiger charge is -2.47. The minimum Gasteiger partial charge on any atom is -0.440 e. The zero-order valence-electron chi connectivity index (χ0n) is 51.3. The molecule has 6 aliphatic rings. The summed E-state index contributed by atoms with van der Waals surface area (Å²) in [7, 11) is 0. The van der Waals surface area contributed by atoms with Gasteiger partial charge in [0, 0.05) is 39.3 Å². The van der Waals surface area contributed by atoms with Crippen LogP contribution in [-0.2, 0) is 48.7 Å². The third-order valence-electron chi connectivity index (χ3n) is 21.9. The van der Waals surface area contributed by atoms with Gasteiger partial charge in [-0.05, 0) is 227 Å². The third kappa shape index (κ3) is 7.48. The van der Waals surface area contributed by atoms with Crippen LogP contribution in [-0.4, -0.2) is 6.71 Å². The topological polar surface area (TPSA) is 19.6 Å². The Hall–Kier alpha value is -5.48. The second-order valence-corrected chi connectivity index (χ2v) is 32.0. The zero-order chi connectivity index (χ0) is 55.6. The summed E-state index contributed by atoms with van der Waals surface area (Å²) in [6.07, 6.45) is 9.30. The van der Waals surface area contributed by atoms with Crippen LogP contribution < -0.4 is 26.2 Å². The van der Waals surface area contributed by atoms with E-state index in [1.54, 1.807) is 0 Å². The van der Waals surface area contributed by atoms with Crippen molar-refractivity contribution in [1.82, 2.24) is 0 Å². The lowest BCUT2D eigenvalue weighted by molar-refractivity contribution is 0.332. The van der Waals surface area contributed by atoms with Crippen molar-refractivity contribution in [3.05, 3.63) is 147 Å². The molecule has 0 N–H and O–H groups in total. The van der Waals surface area contributed by atoms with E-state index in [0.717, 1.165) is 50.0 Å². The molecule has 13 rings (SSSR count). The number of anilines is 6. The number of hydrogen-bond acceptors (Lipinski definition) is 3. The number of rotatable bonds is 3. The zero-order valence-corrected chi connectivity index (χ0v) is 51.3. The Balaban J connectivity index is 1.22. The molecule has 0 atom stereocenters. The highest BCUT2D eigenvalue weighted by atomic mass is 16.4. The van der Waals surface area contributed by atoms with E-state index < -0.39 is 0 Å². The van der Waals surface area contributed by atoms with Gasteiger partial charge in [-0.3, -0.25) is 4.90 Å². The molecule has 1 aromatic heterocycles. The van der Waals surface area contributed by atoms with E-state index in [1.807, 2.05) is 0 Å². The Kier molecular flexibility index (Phi) is 10.7. The summed E-state index contributed by atoms with van der Waals surface area (Å²) in [4.78, 5) is 5.36. The van der Waals surface area contributed by atoms with Gasteiger partial charge in [0.05, 0.1) is 0 Å². The van der Waals surface area contributed by atoms with Gasteiger partial charge in [0.1, 0.15) is 5.58 Å². The van der Waals surface area contributed by atoms with Crippen LogP contribution in [0, 0.1) is 0 Å². The van der Waals surface area contributed by atoms with E-state index in [9.17, 15) is 0 Å². The van der Waals surface area contributed by atoms with Gasteiger partial charge in [0.25, 0.3) is 6.71 Å². The van der Waals surface area contributed by atoms with Crippen molar-refractivity contribution in [2.45, 2.75) is 232 Å². The van der Waals surface area contributed by atoms with Gasteiger partial charge in [-0.1, -0.05) is 174 Å². The van der Waals surface area contributed by atoms with Crippen LogP contribution in [0.1, 0.15) is 233 Å². The summed E-state index contributed by atoms with van der Waals surface area (Å²) in [5, 5.41) is 1.26. The molecule has 0 saturated carbocycles. The molecule has 0 radical (unpaired) electrons. The maximum atomic E-state index is 7.83. The van der Waals surface area contributed by atoms with Crippen LogP contribution in [0.4, 0.5) is 34.3 Å². The summed E-state index contributed by atoms with van der Waals surface area (Å²) in [6, 6.07) is 40.1. The predicted octanol–water partition coefficient (Wildman–Crippen LogP) is 18.9. The van der Waals surface area contributed by atoms with Crippen molar-refractivity contribution in [1.29, 1.82) is 0 Å². The molecule has 0 bridgehead atoms. The Bertz CT molecular complexity index is 3710. The smallest absolute Gasteiger partial charge is 0.257 e. The minimum atomic E-state index is -0.0921. The molecule has 7 aromatic rings. The van der Waals surface area contributed by atoms with E-state index in [2.05, 4.69) is 238 Å². The predicted molar refractivity (Wildman–Crippen MR) is 336 cm³/mol. The summed E-state index contributed by atoms with van der Waals surface area (Å²) < 4.78 is 7.83. The summed E-state index contributed by atoms with van der Waals surface area (Å²) in [5.41, 5.74) is 27.2. The molecular weight excluding hydrogens is 944 g/mol. The van der Waals surface area contributed by atoms with E-state index in [4.69, 9.17) is 4.42 Å². The van der Waals surface area contributed by atoms with Gasteiger partial charge in [-0.2, -0.15) is 0 Å². The normalized spacial score (nSPS) is 21.9. The van der Waals surface area contributed by atoms with Gasteiger partial charge >= 0.3 is 0 Å². The highest BCUT2D eigenvalue weighted by Gasteiger charge is 2.51. The maximum Gasteiger partial charge on any atom is 0.257 e. The molecule has 0 amide bonds. The van der Waals surface area contributed by atoms with Crippen LogP contribution in [0.15, 0.2) is 101 Å². The first kappa shape index (κ1) is 51.9. The first-order valence-electron chi connectivity index (χ1n) is 30.2. The molecule has 4 aliphatic carbocycles. The molecule has 78 heavy (non-hydrogen) atoms. The molecule has 6 aromatic carbocycles. The SMILES string of the molecule is CC(C)(C)c1ccccc1-c1cc2c3c(c1)N(c1ccc4c(c1)C(C)(C)CCC4(C)C)c1oc4cc5c(cc4c1B3c1cc3c(cc1N2c1ccc2c(c1)C(C)(C)CCC2(C)C)C(C)(C)CCC3(C)C)C(C)(C)CCC5(C)C. The van der Waals surface area contributed by atoms with Gasteiger partial charge in [0.2, 0.25) is 5.88 Å². The van der Waals surface area contributed by atoms with Crippen molar-refractivity contribution < 1.29 is 4.42 Å². The molecule has 4 heteroatoms. The van der Waals surface area contributed by atoms with E-state index in [1.165, 1.54) is 124 Å². The molecule has 0 spiro atoms. The van der Waals surface area contributed by atoms with Crippen LogP contribution in [0.2, 0.25) is 0 Å². The second kappa shape index (κ2) is 16.1. The molecule has 2 aliphatic heterocycles. The standard InChI is InChI=1S/C74H89BN2O/c1-66(2,3)49-23-21-20-22-47(49)44-36-60-64-61(37-44)77(46-25-27-51-53(39-46)70(10,11)31-29-68(51,6)7)65-63(48-40-54-57(43-62(48)78-65)74(18,19)35-32-71(54,12)13)75(64)58-41-55-56(73(16,17)34-33-72(55,14)15)42-59(58)76(60)45-24-26-50-52(38-45)69(8,9)30-28-67(50,4)5/h20-27,36-43H,28-35H2,1-19H3. The molecule has 0 saturated heterocycles. The average Bonchev–Trinajstić information content (AvgIpc) is 2.59. The summed E-state index contributed by atoms with van der Waals surface area (Å²) in [6.45, 7) is 46.7. The molecule has 404 valence electrons. The molecular formula is C74H89BN2O. The average molecular weight is 1030 g/mol. The number of fused-ring (bicyclic) bond motifs is 10. The van der Waals surface area contributed by atoms with Crippen molar-refractivity contribution in [3.8, 4) is 11.1 Å². The Morgan fingerprint density at radius 1 is 0.397 bits per heavy atom. The summed E-state index contributed by atoms with van der Waals surface area (Å²) >= 11 is 0. The van der Waals surface area contributed by atoms with Crippen LogP contribution in [0.5, 0.6) is 0 Å². The molecule has 0 fully saturated rings. The Labute approximate surface area is 470 Å². The molecule has 0 unspecified atom stereocenters. The Morgan fingerprint density at radius 2 is 0.808 bits per heavy atom. The fourth-order valence-electron chi connectivity index (χ4n) is 16.1. The van der Waals surface area contributed by atoms with Gasteiger partial charge in [0.15, 0.2) is 0 Å². The highest BCUT2D eigenvalue weighted by molar-refractivity contribution is 7.01. The maximum absolute atomic E-state index is 7.83. The first-order valence-corrected chi connectivity index (χ1v) is 30.2. The third-order valence-corrected chi connectivity index (χ3v) is 21.9. The first-order chi connectivity index (χ1) is 36.2. The van der Waals surface area contributed by atoms with Crippen molar-refractivity contribution in [2.24, 2.45) is 0 Å².